The van der Waals surface area contributed by atoms with Crippen molar-refractivity contribution in [1.82, 2.24) is 9.97 Å². The maximum Gasteiger partial charge on any atom is 0.165 e. The summed E-state index contributed by atoms with van der Waals surface area (Å²) < 4.78 is 6.19. The van der Waals surface area contributed by atoms with Gasteiger partial charge in [0.1, 0.15) is 11.6 Å². The molecule has 1 aromatic heterocycles. The van der Waals surface area contributed by atoms with Crippen molar-refractivity contribution in [1.29, 1.82) is 0 Å². The van der Waals surface area contributed by atoms with Crippen LogP contribution in [0.25, 0.3) is 11.4 Å². The number of benzene rings is 1. The van der Waals surface area contributed by atoms with E-state index in [1.54, 1.807) is 13.3 Å². The van der Waals surface area contributed by atoms with Gasteiger partial charge in [-0.3, -0.25) is 0 Å². The third kappa shape index (κ3) is 3.70. The second kappa shape index (κ2) is 7.85. The van der Waals surface area contributed by atoms with Crippen LogP contribution in [0.5, 0.6) is 5.75 Å². The molecule has 0 fully saturated rings. The molecule has 0 unspecified atom stereocenters. The molecule has 0 bridgehead atoms. The first-order valence-electron chi connectivity index (χ1n) is 6.46. The van der Waals surface area contributed by atoms with Crippen LogP contribution in [0.4, 0.5) is 5.82 Å². The predicted molar refractivity (Wildman–Crippen MR) is 87.4 cm³/mol. The Morgan fingerprint density at radius 1 is 1.15 bits per heavy atom. The lowest BCUT2D eigenvalue weighted by Gasteiger charge is -2.14. The van der Waals surface area contributed by atoms with E-state index < -0.39 is 0 Å². The van der Waals surface area contributed by atoms with Crippen LogP contribution in [-0.2, 0) is 0 Å². The van der Waals surface area contributed by atoms with Crippen molar-refractivity contribution < 1.29 is 4.74 Å². The van der Waals surface area contributed by atoms with E-state index in [1.807, 2.05) is 57.1 Å². The number of nitrogens with zero attached hydrogens (tertiary/aromatic N) is 3. The van der Waals surface area contributed by atoms with Crippen molar-refractivity contribution in [2.24, 2.45) is 0 Å². The van der Waals surface area contributed by atoms with Gasteiger partial charge in [0, 0.05) is 20.3 Å². The second-order valence-corrected chi connectivity index (χ2v) is 4.81. The standard InChI is InChI=1S/C13H14BrN3O.C2H6/c1-17(2)13-10(14)8-15-12(16-13)9-6-4-5-7-11(9)18-3;1-2/h4-8H,1-3H3;1-2H3. The Labute approximate surface area is 128 Å². The highest BCUT2D eigenvalue weighted by Crippen LogP contribution is 2.30. The summed E-state index contributed by atoms with van der Waals surface area (Å²) in [6.45, 7) is 4.00. The van der Waals surface area contributed by atoms with Gasteiger partial charge in [-0.15, -0.1) is 0 Å². The minimum atomic E-state index is 0.652. The molecule has 1 heterocycles. The maximum atomic E-state index is 5.33. The third-order valence-electron chi connectivity index (χ3n) is 2.50. The fourth-order valence-corrected chi connectivity index (χ4v) is 2.18. The summed E-state index contributed by atoms with van der Waals surface area (Å²) >= 11 is 3.44. The molecular formula is C15H20BrN3O. The highest BCUT2D eigenvalue weighted by atomic mass is 79.9. The van der Waals surface area contributed by atoms with Gasteiger partial charge in [-0.1, -0.05) is 26.0 Å². The summed E-state index contributed by atoms with van der Waals surface area (Å²) in [5, 5.41) is 0. The molecule has 0 aliphatic heterocycles. The molecule has 20 heavy (non-hydrogen) atoms. The zero-order valence-electron chi connectivity index (χ0n) is 12.5. The minimum Gasteiger partial charge on any atom is -0.496 e. The van der Waals surface area contributed by atoms with Gasteiger partial charge in [0.15, 0.2) is 5.82 Å². The molecule has 0 saturated carbocycles. The van der Waals surface area contributed by atoms with E-state index in [9.17, 15) is 0 Å². The molecule has 0 saturated heterocycles. The number of rotatable bonds is 3. The van der Waals surface area contributed by atoms with E-state index in [-0.39, 0.29) is 0 Å². The Bertz CT molecular complexity index is 559. The quantitative estimate of drug-likeness (QED) is 0.848. The Hall–Kier alpha value is -1.62. The summed E-state index contributed by atoms with van der Waals surface area (Å²) in [7, 11) is 5.53. The third-order valence-corrected chi connectivity index (χ3v) is 3.06. The lowest BCUT2D eigenvalue weighted by atomic mass is 10.2. The van der Waals surface area contributed by atoms with Crippen LogP contribution in [-0.4, -0.2) is 31.2 Å². The van der Waals surface area contributed by atoms with E-state index in [4.69, 9.17) is 4.74 Å². The number of hydrogen-bond donors (Lipinski definition) is 0. The fraction of sp³-hybridized carbons (Fsp3) is 0.333. The second-order valence-electron chi connectivity index (χ2n) is 3.96. The summed E-state index contributed by atoms with van der Waals surface area (Å²) in [5.74, 6) is 2.26. The molecule has 4 nitrogen and oxygen atoms in total. The molecule has 2 rings (SSSR count). The molecule has 2 aromatic rings. The average molecular weight is 338 g/mol. The van der Waals surface area contributed by atoms with Crippen LogP contribution in [0, 0.1) is 0 Å². The topological polar surface area (TPSA) is 38.2 Å². The van der Waals surface area contributed by atoms with Crippen molar-refractivity contribution in [3.63, 3.8) is 0 Å². The van der Waals surface area contributed by atoms with Crippen LogP contribution in [0.1, 0.15) is 13.8 Å². The lowest BCUT2D eigenvalue weighted by Crippen LogP contribution is -2.12. The zero-order valence-corrected chi connectivity index (χ0v) is 14.1. The van der Waals surface area contributed by atoms with Crippen LogP contribution in [0.2, 0.25) is 0 Å². The largest absolute Gasteiger partial charge is 0.496 e. The first kappa shape index (κ1) is 16.4. The van der Waals surface area contributed by atoms with E-state index in [2.05, 4.69) is 25.9 Å². The van der Waals surface area contributed by atoms with Crippen molar-refractivity contribution in [3.8, 4) is 17.1 Å². The van der Waals surface area contributed by atoms with E-state index in [0.717, 1.165) is 21.6 Å². The highest BCUT2D eigenvalue weighted by Gasteiger charge is 2.11. The van der Waals surface area contributed by atoms with Crippen LogP contribution >= 0.6 is 15.9 Å². The van der Waals surface area contributed by atoms with Gasteiger partial charge < -0.3 is 9.64 Å². The van der Waals surface area contributed by atoms with Crippen molar-refractivity contribution >= 4 is 21.7 Å². The van der Waals surface area contributed by atoms with E-state index in [0.29, 0.717) is 5.82 Å². The number of methoxy groups -OCH3 is 1. The van der Waals surface area contributed by atoms with Gasteiger partial charge in [0.2, 0.25) is 0 Å². The highest BCUT2D eigenvalue weighted by molar-refractivity contribution is 9.10. The monoisotopic (exact) mass is 337 g/mol. The number of aromatic nitrogens is 2. The molecule has 0 atom stereocenters. The van der Waals surface area contributed by atoms with Crippen LogP contribution in [0.3, 0.4) is 0 Å². The molecule has 108 valence electrons. The number of para-hydroxylation sites is 1. The summed E-state index contributed by atoms with van der Waals surface area (Å²) in [4.78, 5) is 10.8. The van der Waals surface area contributed by atoms with Crippen molar-refractivity contribution in [2.75, 3.05) is 26.1 Å². The van der Waals surface area contributed by atoms with Crippen LogP contribution in [0.15, 0.2) is 34.9 Å². The SMILES string of the molecule is CC.COc1ccccc1-c1ncc(Br)c(N(C)C)n1. The number of ether oxygens (including phenoxy) is 1. The normalized spacial score (nSPS) is 9.50. The van der Waals surface area contributed by atoms with Crippen molar-refractivity contribution in [3.05, 3.63) is 34.9 Å². The smallest absolute Gasteiger partial charge is 0.165 e. The Morgan fingerprint density at radius 3 is 2.40 bits per heavy atom. The molecule has 0 aliphatic carbocycles. The molecule has 0 N–H and O–H groups in total. The summed E-state index contributed by atoms with van der Waals surface area (Å²) in [6.07, 6.45) is 1.75. The minimum absolute atomic E-state index is 0.652. The Kier molecular flexibility index (Phi) is 6.45. The van der Waals surface area contributed by atoms with Gasteiger partial charge in [-0.05, 0) is 28.1 Å². The maximum absolute atomic E-state index is 5.33. The van der Waals surface area contributed by atoms with Gasteiger partial charge in [0.25, 0.3) is 0 Å². The number of halogens is 1. The zero-order chi connectivity index (χ0) is 15.1. The molecule has 0 spiro atoms. The molecule has 5 heteroatoms. The van der Waals surface area contributed by atoms with Crippen LogP contribution < -0.4 is 9.64 Å². The Balaban J connectivity index is 0.000000956. The van der Waals surface area contributed by atoms with E-state index in [1.165, 1.54) is 0 Å². The van der Waals surface area contributed by atoms with Gasteiger partial charge in [-0.25, -0.2) is 9.97 Å². The fourth-order valence-electron chi connectivity index (χ4n) is 1.63. The van der Waals surface area contributed by atoms with Gasteiger partial charge >= 0.3 is 0 Å². The number of hydrogen-bond acceptors (Lipinski definition) is 4. The first-order chi connectivity index (χ1) is 9.63. The van der Waals surface area contributed by atoms with E-state index >= 15 is 0 Å². The molecule has 0 amide bonds. The summed E-state index contributed by atoms with van der Waals surface area (Å²) in [5.41, 5.74) is 0.885. The summed E-state index contributed by atoms with van der Waals surface area (Å²) in [6, 6.07) is 7.71. The first-order valence-corrected chi connectivity index (χ1v) is 7.26. The predicted octanol–water partition coefficient (Wildman–Crippen LogP) is 4.01. The molecule has 1 aromatic carbocycles. The lowest BCUT2D eigenvalue weighted by molar-refractivity contribution is 0.416. The number of anilines is 1. The molecule has 0 aliphatic rings. The van der Waals surface area contributed by atoms with Gasteiger partial charge in [-0.2, -0.15) is 0 Å². The Morgan fingerprint density at radius 2 is 1.80 bits per heavy atom. The molecule has 0 radical (unpaired) electrons. The molecular weight excluding hydrogens is 318 g/mol. The average Bonchev–Trinajstić information content (AvgIpc) is 2.49. The van der Waals surface area contributed by atoms with Gasteiger partial charge in [0.05, 0.1) is 17.1 Å². The van der Waals surface area contributed by atoms with Crippen molar-refractivity contribution in [2.45, 2.75) is 13.8 Å².